The van der Waals surface area contributed by atoms with Gasteiger partial charge in [-0.2, -0.15) is 0 Å². The van der Waals surface area contributed by atoms with Crippen LogP contribution >= 0.6 is 0 Å². The van der Waals surface area contributed by atoms with Gasteiger partial charge in [0, 0.05) is 43.0 Å². The normalized spacial score (nSPS) is 10.2. The number of likely N-dealkylation sites (N-methyl/N-ethyl adjacent to an activating group) is 1. The molecule has 6 nitrogen and oxygen atoms in total. The van der Waals surface area contributed by atoms with Crippen molar-refractivity contribution in [3.05, 3.63) is 69.8 Å². The van der Waals surface area contributed by atoms with Gasteiger partial charge in [0.1, 0.15) is 0 Å². The molecule has 0 unspecified atom stereocenters. The fraction of sp³-hybridized carbons (Fsp3) is 0.235. The van der Waals surface area contributed by atoms with Gasteiger partial charge in [-0.3, -0.25) is 14.9 Å². The van der Waals surface area contributed by atoms with Crippen molar-refractivity contribution >= 4 is 17.3 Å². The van der Waals surface area contributed by atoms with E-state index in [1.165, 1.54) is 12.1 Å². The molecule has 0 atom stereocenters. The number of rotatable bonds is 6. The minimum absolute atomic E-state index is 0.0425. The number of para-hydroxylation sites is 1. The standard InChI is InChI=1S/C17H19N3O3/c1-13-15(9-6-10-16(13)20(22)23)17(21)18-11-12-19(2)14-7-4-3-5-8-14/h3-10H,11-12H2,1-2H3,(H,18,21). The Morgan fingerprint density at radius 2 is 1.87 bits per heavy atom. The molecule has 2 aromatic carbocycles. The third-order valence-corrected chi connectivity index (χ3v) is 3.68. The van der Waals surface area contributed by atoms with Crippen molar-refractivity contribution in [2.45, 2.75) is 6.92 Å². The first-order chi connectivity index (χ1) is 11.0. The highest BCUT2D eigenvalue weighted by molar-refractivity contribution is 5.96. The molecule has 0 heterocycles. The molecule has 23 heavy (non-hydrogen) atoms. The molecule has 0 bridgehead atoms. The minimum Gasteiger partial charge on any atom is -0.373 e. The Kier molecular flexibility index (Phi) is 5.30. The van der Waals surface area contributed by atoms with Gasteiger partial charge in [-0.15, -0.1) is 0 Å². The lowest BCUT2D eigenvalue weighted by molar-refractivity contribution is -0.385. The molecule has 2 aromatic rings. The summed E-state index contributed by atoms with van der Waals surface area (Å²) >= 11 is 0. The van der Waals surface area contributed by atoms with E-state index in [1.54, 1.807) is 13.0 Å². The monoisotopic (exact) mass is 313 g/mol. The Morgan fingerprint density at radius 1 is 1.17 bits per heavy atom. The fourth-order valence-corrected chi connectivity index (χ4v) is 2.31. The highest BCUT2D eigenvalue weighted by Gasteiger charge is 2.17. The first kappa shape index (κ1) is 16.5. The summed E-state index contributed by atoms with van der Waals surface area (Å²) in [6, 6.07) is 14.4. The Balaban J connectivity index is 1.95. The van der Waals surface area contributed by atoms with Crippen LogP contribution in [-0.2, 0) is 0 Å². The summed E-state index contributed by atoms with van der Waals surface area (Å²) < 4.78 is 0. The highest BCUT2D eigenvalue weighted by Crippen LogP contribution is 2.20. The molecule has 1 amide bonds. The van der Waals surface area contributed by atoms with Gasteiger partial charge in [0.2, 0.25) is 0 Å². The molecular weight excluding hydrogens is 294 g/mol. The van der Waals surface area contributed by atoms with Gasteiger partial charge in [-0.05, 0) is 25.1 Å². The third kappa shape index (κ3) is 4.06. The number of hydrogen-bond acceptors (Lipinski definition) is 4. The molecule has 120 valence electrons. The van der Waals surface area contributed by atoms with Crippen molar-refractivity contribution < 1.29 is 9.72 Å². The maximum absolute atomic E-state index is 12.2. The lowest BCUT2D eigenvalue weighted by atomic mass is 10.1. The van der Waals surface area contributed by atoms with Gasteiger partial charge >= 0.3 is 0 Å². The molecule has 0 fully saturated rings. The lowest BCUT2D eigenvalue weighted by Crippen LogP contribution is -2.33. The van der Waals surface area contributed by atoms with E-state index in [1.807, 2.05) is 42.3 Å². The van der Waals surface area contributed by atoms with E-state index >= 15 is 0 Å². The smallest absolute Gasteiger partial charge is 0.273 e. The second-order valence-corrected chi connectivity index (χ2v) is 5.22. The minimum atomic E-state index is -0.477. The molecule has 2 rings (SSSR count). The number of nitro groups is 1. The zero-order valence-electron chi connectivity index (χ0n) is 13.2. The summed E-state index contributed by atoms with van der Waals surface area (Å²) in [5, 5.41) is 13.7. The molecule has 0 saturated heterocycles. The van der Waals surface area contributed by atoms with Gasteiger partial charge < -0.3 is 10.2 Å². The van der Waals surface area contributed by atoms with Crippen molar-refractivity contribution in [3.63, 3.8) is 0 Å². The number of benzene rings is 2. The second-order valence-electron chi connectivity index (χ2n) is 5.22. The Hall–Kier alpha value is -2.89. The number of nitrogens with zero attached hydrogens (tertiary/aromatic N) is 2. The van der Waals surface area contributed by atoms with E-state index in [2.05, 4.69) is 5.32 Å². The molecule has 1 N–H and O–H groups in total. The van der Waals surface area contributed by atoms with Crippen molar-refractivity contribution in [2.24, 2.45) is 0 Å². The molecule has 0 aliphatic heterocycles. The highest BCUT2D eigenvalue weighted by atomic mass is 16.6. The van der Waals surface area contributed by atoms with Crippen molar-refractivity contribution in [3.8, 4) is 0 Å². The average molecular weight is 313 g/mol. The van der Waals surface area contributed by atoms with Crippen LogP contribution in [0.2, 0.25) is 0 Å². The van der Waals surface area contributed by atoms with Crippen LogP contribution in [0.3, 0.4) is 0 Å². The molecular formula is C17H19N3O3. The summed E-state index contributed by atoms with van der Waals surface area (Å²) in [5.74, 6) is -0.298. The van der Waals surface area contributed by atoms with Crippen LogP contribution < -0.4 is 10.2 Å². The first-order valence-corrected chi connectivity index (χ1v) is 7.29. The lowest BCUT2D eigenvalue weighted by Gasteiger charge is -2.19. The molecule has 0 aliphatic rings. The van der Waals surface area contributed by atoms with E-state index < -0.39 is 4.92 Å². The number of carbonyl (C=O) groups excluding carboxylic acids is 1. The van der Waals surface area contributed by atoms with Gasteiger partial charge in [0.15, 0.2) is 0 Å². The van der Waals surface area contributed by atoms with Crippen molar-refractivity contribution in [1.29, 1.82) is 0 Å². The average Bonchev–Trinajstić information content (AvgIpc) is 2.55. The van der Waals surface area contributed by atoms with Crippen LogP contribution in [0.25, 0.3) is 0 Å². The maximum atomic E-state index is 12.2. The van der Waals surface area contributed by atoms with Gasteiger partial charge in [0.05, 0.1) is 4.92 Å². The van der Waals surface area contributed by atoms with Crippen LogP contribution in [0.5, 0.6) is 0 Å². The summed E-state index contributed by atoms with van der Waals surface area (Å²) in [5.41, 5.74) is 1.74. The van der Waals surface area contributed by atoms with Crippen LogP contribution in [-0.4, -0.2) is 31.0 Å². The first-order valence-electron chi connectivity index (χ1n) is 7.29. The Bertz CT molecular complexity index is 701. The topological polar surface area (TPSA) is 75.5 Å². The van der Waals surface area contributed by atoms with E-state index in [0.29, 0.717) is 24.2 Å². The predicted molar refractivity (Wildman–Crippen MR) is 89.9 cm³/mol. The number of hydrogen-bond donors (Lipinski definition) is 1. The molecule has 6 heteroatoms. The largest absolute Gasteiger partial charge is 0.373 e. The molecule has 0 radical (unpaired) electrons. The summed E-state index contributed by atoms with van der Waals surface area (Å²) in [6.07, 6.45) is 0. The van der Waals surface area contributed by atoms with E-state index in [9.17, 15) is 14.9 Å². The number of carbonyl (C=O) groups is 1. The van der Waals surface area contributed by atoms with E-state index in [-0.39, 0.29) is 11.6 Å². The number of anilines is 1. The zero-order chi connectivity index (χ0) is 16.8. The van der Waals surface area contributed by atoms with Crippen LogP contribution in [0.15, 0.2) is 48.5 Å². The van der Waals surface area contributed by atoms with E-state index in [4.69, 9.17) is 0 Å². The molecule has 0 aromatic heterocycles. The summed E-state index contributed by atoms with van der Waals surface area (Å²) in [4.78, 5) is 24.7. The van der Waals surface area contributed by atoms with Crippen LogP contribution in [0.4, 0.5) is 11.4 Å². The zero-order valence-corrected chi connectivity index (χ0v) is 13.2. The Morgan fingerprint density at radius 3 is 2.52 bits per heavy atom. The van der Waals surface area contributed by atoms with Crippen molar-refractivity contribution in [2.75, 3.05) is 25.0 Å². The van der Waals surface area contributed by atoms with Crippen LogP contribution in [0, 0.1) is 17.0 Å². The Labute approximate surface area is 134 Å². The summed E-state index contributed by atoms with van der Waals surface area (Å²) in [6.45, 7) is 2.68. The number of nitrogens with one attached hydrogen (secondary N) is 1. The summed E-state index contributed by atoms with van der Waals surface area (Å²) in [7, 11) is 1.94. The second kappa shape index (κ2) is 7.40. The number of amides is 1. The number of nitro benzene ring substituents is 1. The van der Waals surface area contributed by atoms with Gasteiger partial charge in [0.25, 0.3) is 11.6 Å². The SMILES string of the molecule is Cc1c(C(=O)NCCN(C)c2ccccc2)cccc1[N+](=O)[O-]. The molecule has 0 saturated carbocycles. The van der Waals surface area contributed by atoms with Crippen LogP contribution in [0.1, 0.15) is 15.9 Å². The third-order valence-electron chi connectivity index (χ3n) is 3.68. The van der Waals surface area contributed by atoms with Crippen molar-refractivity contribution in [1.82, 2.24) is 5.32 Å². The quantitative estimate of drug-likeness (QED) is 0.657. The van der Waals surface area contributed by atoms with E-state index in [0.717, 1.165) is 5.69 Å². The fourth-order valence-electron chi connectivity index (χ4n) is 2.31. The molecule has 0 aliphatic carbocycles. The maximum Gasteiger partial charge on any atom is 0.273 e. The van der Waals surface area contributed by atoms with Gasteiger partial charge in [-0.25, -0.2) is 0 Å². The predicted octanol–water partition coefficient (Wildman–Crippen LogP) is 2.77. The molecule has 0 spiro atoms. The van der Waals surface area contributed by atoms with Gasteiger partial charge in [-0.1, -0.05) is 24.3 Å².